The average molecular weight is 337 g/mol. The Hall–Kier alpha value is -2.96. The number of para-hydroxylation sites is 1. The van der Waals surface area contributed by atoms with Crippen LogP contribution in [-0.2, 0) is 0 Å². The van der Waals surface area contributed by atoms with Crippen molar-refractivity contribution < 1.29 is 9.53 Å². The highest BCUT2D eigenvalue weighted by Crippen LogP contribution is 2.33. The lowest BCUT2D eigenvalue weighted by Gasteiger charge is -2.36. The van der Waals surface area contributed by atoms with Crippen LogP contribution in [0.15, 0.2) is 42.9 Å². The standard InChI is InChI=1S/C18H19N5O2/c1-25-16-8-3-2-6-13(16)17(24)22-11-5-4-7-14(22)15-9-10-19-18-20-12-21-23(15)18/h2-3,6,8-10,12,14H,4-5,7,11H2,1H3/t14-/m1/s1. The molecule has 1 aliphatic heterocycles. The van der Waals surface area contributed by atoms with E-state index < -0.39 is 0 Å². The number of carbonyl (C=O) groups is 1. The Labute approximate surface area is 145 Å². The van der Waals surface area contributed by atoms with E-state index in [-0.39, 0.29) is 11.9 Å². The molecule has 0 N–H and O–H groups in total. The number of fused-ring (bicyclic) bond motifs is 1. The van der Waals surface area contributed by atoms with Crippen molar-refractivity contribution in [2.75, 3.05) is 13.7 Å². The van der Waals surface area contributed by atoms with E-state index in [0.717, 1.165) is 25.0 Å². The van der Waals surface area contributed by atoms with Crippen molar-refractivity contribution >= 4 is 11.7 Å². The molecular weight excluding hydrogens is 318 g/mol. The summed E-state index contributed by atoms with van der Waals surface area (Å²) < 4.78 is 7.09. The predicted octanol–water partition coefficient (Wildman–Crippen LogP) is 2.50. The fraction of sp³-hybridized carbons (Fsp3) is 0.333. The van der Waals surface area contributed by atoms with Gasteiger partial charge in [0.05, 0.1) is 24.4 Å². The van der Waals surface area contributed by atoms with Gasteiger partial charge < -0.3 is 9.64 Å². The first-order valence-corrected chi connectivity index (χ1v) is 8.38. The van der Waals surface area contributed by atoms with Crippen molar-refractivity contribution in [1.82, 2.24) is 24.5 Å². The van der Waals surface area contributed by atoms with Crippen LogP contribution in [0.5, 0.6) is 5.75 Å². The maximum absolute atomic E-state index is 13.2. The summed E-state index contributed by atoms with van der Waals surface area (Å²) in [6.45, 7) is 0.708. The van der Waals surface area contributed by atoms with Crippen LogP contribution in [0.2, 0.25) is 0 Å². The third kappa shape index (κ3) is 2.71. The largest absolute Gasteiger partial charge is 0.496 e. The van der Waals surface area contributed by atoms with Gasteiger partial charge in [-0.3, -0.25) is 4.79 Å². The van der Waals surface area contributed by atoms with E-state index in [1.54, 1.807) is 17.8 Å². The zero-order valence-corrected chi connectivity index (χ0v) is 14.0. The molecule has 1 fully saturated rings. The van der Waals surface area contributed by atoms with Crippen molar-refractivity contribution in [3.05, 3.63) is 54.1 Å². The van der Waals surface area contributed by atoms with Crippen molar-refractivity contribution in [2.24, 2.45) is 0 Å². The second-order valence-corrected chi connectivity index (χ2v) is 6.05. The van der Waals surface area contributed by atoms with E-state index in [9.17, 15) is 4.79 Å². The molecule has 1 aromatic carbocycles. The average Bonchev–Trinajstić information content (AvgIpc) is 3.16. The topological polar surface area (TPSA) is 72.6 Å². The maximum Gasteiger partial charge on any atom is 0.258 e. The summed E-state index contributed by atoms with van der Waals surface area (Å²) in [5.74, 6) is 1.12. The van der Waals surface area contributed by atoms with Crippen LogP contribution in [0, 0.1) is 0 Å². The summed E-state index contributed by atoms with van der Waals surface area (Å²) in [7, 11) is 1.58. The summed E-state index contributed by atoms with van der Waals surface area (Å²) in [5.41, 5.74) is 1.52. The van der Waals surface area contributed by atoms with Gasteiger partial charge in [0.25, 0.3) is 11.7 Å². The molecule has 0 spiro atoms. The molecule has 0 saturated carbocycles. The molecule has 128 valence electrons. The number of rotatable bonds is 3. The Morgan fingerprint density at radius 3 is 2.96 bits per heavy atom. The van der Waals surface area contributed by atoms with Gasteiger partial charge in [-0.1, -0.05) is 12.1 Å². The lowest BCUT2D eigenvalue weighted by molar-refractivity contribution is 0.0600. The van der Waals surface area contributed by atoms with Crippen molar-refractivity contribution in [3.8, 4) is 5.75 Å². The first kappa shape index (κ1) is 15.6. The molecule has 1 atom stereocenters. The molecule has 3 heterocycles. The highest BCUT2D eigenvalue weighted by Gasteiger charge is 2.31. The van der Waals surface area contributed by atoms with E-state index in [1.807, 2.05) is 35.2 Å². The molecule has 0 aliphatic carbocycles. The van der Waals surface area contributed by atoms with Crippen LogP contribution in [0.1, 0.15) is 41.4 Å². The fourth-order valence-corrected chi connectivity index (χ4v) is 3.47. The number of nitrogens with zero attached hydrogens (tertiary/aromatic N) is 5. The molecule has 2 aromatic heterocycles. The summed E-state index contributed by atoms with van der Waals surface area (Å²) in [4.78, 5) is 23.5. The van der Waals surface area contributed by atoms with Gasteiger partial charge in [0.15, 0.2) is 0 Å². The molecule has 7 heteroatoms. The van der Waals surface area contributed by atoms with Crippen LogP contribution in [0.4, 0.5) is 0 Å². The van der Waals surface area contributed by atoms with E-state index in [1.165, 1.54) is 6.33 Å². The van der Waals surface area contributed by atoms with Gasteiger partial charge >= 0.3 is 0 Å². The number of carbonyl (C=O) groups excluding carboxylic acids is 1. The molecule has 1 saturated heterocycles. The summed E-state index contributed by atoms with van der Waals surface area (Å²) in [5, 5.41) is 4.27. The van der Waals surface area contributed by atoms with Crippen LogP contribution >= 0.6 is 0 Å². The first-order chi connectivity index (χ1) is 12.3. The van der Waals surface area contributed by atoms with Crippen LogP contribution in [0.25, 0.3) is 5.78 Å². The number of likely N-dealkylation sites (tertiary alicyclic amines) is 1. The zero-order valence-electron chi connectivity index (χ0n) is 14.0. The number of ether oxygens (including phenoxy) is 1. The third-order valence-electron chi connectivity index (χ3n) is 4.65. The molecule has 1 aliphatic rings. The van der Waals surface area contributed by atoms with Gasteiger partial charge in [-0.05, 0) is 37.5 Å². The Balaban J connectivity index is 1.74. The Morgan fingerprint density at radius 2 is 2.08 bits per heavy atom. The van der Waals surface area contributed by atoms with E-state index in [2.05, 4.69) is 15.1 Å². The minimum absolute atomic E-state index is 0.0211. The number of aromatic nitrogens is 4. The minimum Gasteiger partial charge on any atom is -0.496 e. The van der Waals surface area contributed by atoms with Crippen molar-refractivity contribution in [1.29, 1.82) is 0 Å². The smallest absolute Gasteiger partial charge is 0.258 e. The highest BCUT2D eigenvalue weighted by atomic mass is 16.5. The van der Waals surface area contributed by atoms with Gasteiger partial charge in [0.2, 0.25) is 0 Å². The lowest BCUT2D eigenvalue weighted by atomic mass is 9.97. The second-order valence-electron chi connectivity index (χ2n) is 6.05. The molecule has 0 radical (unpaired) electrons. The summed E-state index contributed by atoms with van der Waals surface area (Å²) in [6.07, 6.45) is 6.16. The fourth-order valence-electron chi connectivity index (χ4n) is 3.47. The molecule has 25 heavy (non-hydrogen) atoms. The normalized spacial score (nSPS) is 17.6. The number of benzene rings is 1. The first-order valence-electron chi connectivity index (χ1n) is 8.38. The number of piperidine rings is 1. The minimum atomic E-state index is -0.0571. The molecular formula is C18H19N5O2. The number of hydrogen-bond acceptors (Lipinski definition) is 5. The van der Waals surface area contributed by atoms with Gasteiger partial charge in [0, 0.05) is 12.7 Å². The number of methoxy groups -OCH3 is 1. The van der Waals surface area contributed by atoms with E-state index in [0.29, 0.717) is 23.6 Å². The Bertz CT molecular complexity index is 907. The maximum atomic E-state index is 13.2. The molecule has 0 unspecified atom stereocenters. The van der Waals surface area contributed by atoms with Crippen molar-refractivity contribution in [2.45, 2.75) is 25.3 Å². The van der Waals surface area contributed by atoms with Crippen LogP contribution in [0.3, 0.4) is 0 Å². The van der Waals surface area contributed by atoms with Crippen LogP contribution < -0.4 is 4.74 Å². The van der Waals surface area contributed by atoms with Gasteiger partial charge in [0.1, 0.15) is 12.1 Å². The van der Waals surface area contributed by atoms with Gasteiger partial charge in [-0.15, -0.1) is 0 Å². The summed E-state index contributed by atoms with van der Waals surface area (Å²) >= 11 is 0. The van der Waals surface area contributed by atoms with Crippen molar-refractivity contribution in [3.63, 3.8) is 0 Å². The quantitative estimate of drug-likeness (QED) is 0.734. The number of hydrogen-bond donors (Lipinski definition) is 0. The molecule has 4 rings (SSSR count). The van der Waals surface area contributed by atoms with E-state index >= 15 is 0 Å². The number of amides is 1. The van der Waals surface area contributed by atoms with Gasteiger partial charge in [-0.2, -0.15) is 14.6 Å². The van der Waals surface area contributed by atoms with E-state index in [4.69, 9.17) is 4.74 Å². The SMILES string of the molecule is COc1ccccc1C(=O)N1CCCC[C@@H]1c1ccnc2ncnn12. The zero-order chi connectivity index (χ0) is 17.2. The van der Waals surface area contributed by atoms with Gasteiger partial charge in [-0.25, -0.2) is 4.98 Å². The Kier molecular flexibility index (Phi) is 4.05. The summed E-state index contributed by atoms with van der Waals surface area (Å²) in [6, 6.07) is 9.21. The van der Waals surface area contributed by atoms with Crippen LogP contribution in [-0.4, -0.2) is 44.0 Å². The lowest BCUT2D eigenvalue weighted by Crippen LogP contribution is -2.39. The second kappa shape index (κ2) is 6.51. The molecule has 0 bridgehead atoms. The molecule has 1 amide bonds. The molecule has 7 nitrogen and oxygen atoms in total. The third-order valence-corrected chi connectivity index (χ3v) is 4.65. The molecule has 3 aromatic rings. The predicted molar refractivity (Wildman–Crippen MR) is 91.4 cm³/mol. The monoisotopic (exact) mass is 337 g/mol. The Morgan fingerprint density at radius 1 is 1.20 bits per heavy atom. The highest BCUT2D eigenvalue weighted by molar-refractivity contribution is 5.97.